The first-order chi connectivity index (χ1) is 8.64. The van der Waals surface area contributed by atoms with Gasteiger partial charge in [-0.2, -0.15) is 0 Å². The Balaban J connectivity index is 1.67. The first-order valence-electron chi connectivity index (χ1n) is 6.70. The van der Waals surface area contributed by atoms with Crippen LogP contribution in [-0.2, 0) is 6.42 Å². The number of fused-ring (bicyclic) bond motifs is 1. The van der Waals surface area contributed by atoms with Crippen LogP contribution < -0.4 is 5.73 Å². The van der Waals surface area contributed by atoms with Crippen LogP contribution in [0.2, 0.25) is 0 Å². The van der Waals surface area contributed by atoms with E-state index >= 15 is 0 Å². The Morgan fingerprint density at radius 2 is 2.22 bits per heavy atom. The Hall–Kier alpha value is -1.32. The lowest BCUT2D eigenvalue weighted by Crippen LogP contribution is -2.39. The molecule has 1 atom stereocenters. The van der Waals surface area contributed by atoms with E-state index in [2.05, 4.69) is 47.3 Å². The number of likely N-dealkylation sites (tertiary alicyclic amines) is 1. The quantitative estimate of drug-likeness (QED) is 0.867. The van der Waals surface area contributed by atoms with Gasteiger partial charge in [0, 0.05) is 42.3 Å². The fraction of sp³-hybridized carbons (Fsp3) is 0.467. The van der Waals surface area contributed by atoms with Crippen molar-refractivity contribution in [3.63, 3.8) is 0 Å². The van der Waals surface area contributed by atoms with Crippen molar-refractivity contribution < 1.29 is 0 Å². The van der Waals surface area contributed by atoms with Crippen LogP contribution >= 0.6 is 0 Å². The van der Waals surface area contributed by atoms with Crippen molar-refractivity contribution in [1.29, 1.82) is 0 Å². The summed E-state index contributed by atoms with van der Waals surface area (Å²) in [5.41, 5.74) is 8.82. The molecule has 0 aliphatic carbocycles. The molecule has 0 amide bonds. The Labute approximate surface area is 108 Å². The van der Waals surface area contributed by atoms with Gasteiger partial charge in [0.1, 0.15) is 0 Å². The van der Waals surface area contributed by atoms with Gasteiger partial charge < -0.3 is 15.6 Å². The standard InChI is InChI=1S/C15H21N3/c1-15(16)7-9-18(11-15)8-6-12-10-17-14-5-3-2-4-13(12)14/h2-5,10,17H,6-9,11,16H2,1H3. The molecule has 1 unspecified atom stereocenters. The molecular formula is C15H21N3. The Kier molecular flexibility index (Phi) is 2.88. The van der Waals surface area contributed by atoms with E-state index in [-0.39, 0.29) is 5.54 Å². The highest BCUT2D eigenvalue weighted by Crippen LogP contribution is 2.21. The molecule has 2 heterocycles. The van der Waals surface area contributed by atoms with E-state index in [1.54, 1.807) is 0 Å². The summed E-state index contributed by atoms with van der Waals surface area (Å²) in [4.78, 5) is 5.81. The molecular weight excluding hydrogens is 222 g/mol. The lowest BCUT2D eigenvalue weighted by atomic mass is 10.0. The summed E-state index contributed by atoms with van der Waals surface area (Å²) in [6.07, 6.45) is 4.35. The highest BCUT2D eigenvalue weighted by atomic mass is 15.2. The smallest absolute Gasteiger partial charge is 0.0456 e. The zero-order chi connectivity index (χ0) is 12.6. The average Bonchev–Trinajstić information content (AvgIpc) is 2.90. The predicted molar refractivity (Wildman–Crippen MR) is 75.7 cm³/mol. The number of aromatic amines is 1. The van der Waals surface area contributed by atoms with Crippen molar-refractivity contribution in [2.75, 3.05) is 19.6 Å². The summed E-state index contributed by atoms with van der Waals surface area (Å²) >= 11 is 0. The van der Waals surface area contributed by atoms with E-state index in [4.69, 9.17) is 5.73 Å². The van der Waals surface area contributed by atoms with Gasteiger partial charge >= 0.3 is 0 Å². The van der Waals surface area contributed by atoms with Gasteiger partial charge in [-0.1, -0.05) is 18.2 Å². The molecule has 96 valence electrons. The van der Waals surface area contributed by atoms with E-state index < -0.39 is 0 Å². The predicted octanol–water partition coefficient (Wildman–Crippen LogP) is 2.13. The molecule has 18 heavy (non-hydrogen) atoms. The topological polar surface area (TPSA) is 45.0 Å². The normalized spacial score (nSPS) is 25.0. The van der Waals surface area contributed by atoms with Gasteiger partial charge in [0.15, 0.2) is 0 Å². The van der Waals surface area contributed by atoms with Gasteiger partial charge in [0.25, 0.3) is 0 Å². The van der Waals surface area contributed by atoms with Gasteiger partial charge in [-0.15, -0.1) is 0 Å². The number of nitrogens with zero attached hydrogens (tertiary/aromatic N) is 1. The molecule has 3 nitrogen and oxygen atoms in total. The maximum Gasteiger partial charge on any atom is 0.0456 e. The van der Waals surface area contributed by atoms with Gasteiger partial charge in [0.05, 0.1) is 0 Å². The van der Waals surface area contributed by atoms with Crippen molar-refractivity contribution in [2.24, 2.45) is 5.73 Å². The first-order valence-corrected chi connectivity index (χ1v) is 6.70. The van der Waals surface area contributed by atoms with Crippen molar-refractivity contribution in [1.82, 2.24) is 9.88 Å². The summed E-state index contributed by atoms with van der Waals surface area (Å²) in [7, 11) is 0. The minimum absolute atomic E-state index is 0.0141. The van der Waals surface area contributed by atoms with E-state index in [9.17, 15) is 0 Å². The number of nitrogens with two attached hydrogens (primary N) is 1. The van der Waals surface area contributed by atoms with Crippen LogP contribution in [0.25, 0.3) is 10.9 Å². The molecule has 1 saturated heterocycles. The van der Waals surface area contributed by atoms with Gasteiger partial charge in [-0.25, -0.2) is 0 Å². The summed E-state index contributed by atoms with van der Waals surface area (Å²) in [5, 5.41) is 1.35. The maximum atomic E-state index is 6.16. The average molecular weight is 243 g/mol. The van der Waals surface area contributed by atoms with E-state index in [0.29, 0.717) is 0 Å². The van der Waals surface area contributed by atoms with Gasteiger partial charge in [-0.05, 0) is 31.4 Å². The third-order valence-electron chi connectivity index (χ3n) is 3.96. The minimum atomic E-state index is 0.0141. The van der Waals surface area contributed by atoms with Crippen molar-refractivity contribution in [3.8, 4) is 0 Å². The molecule has 0 radical (unpaired) electrons. The van der Waals surface area contributed by atoms with E-state index in [1.165, 1.54) is 16.5 Å². The molecule has 3 heteroatoms. The highest BCUT2D eigenvalue weighted by Gasteiger charge is 2.29. The fourth-order valence-electron chi connectivity index (χ4n) is 2.89. The Morgan fingerprint density at radius 1 is 1.39 bits per heavy atom. The second-order valence-corrected chi connectivity index (χ2v) is 5.79. The number of rotatable bonds is 3. The molecule has 1 aromatic heterocycles. The molecule has 0 bridgehead atoms. The molecule has 1 aliphatic heterocycles. The van der Waals surface area contributed by atoms with Gasteiger partial charge in [0.2, 0.25) is 0 Å². The fourth-order valence-corrected chi connectivity index (χ4v) is 2.89. The largest absolute Gasteiger partial charge is 0.361 e. The third kappa shape index (κ3) is 2.28. The molecule has 1 aromatic carbocycles. The van der Waals surface area contributed by atoms with Gasteiger partial charge in [-0.3, -0.25) is 0 Å². The Morgan fingerprint density at radius 3 is 3.00 bits per heavy atom. The van der Waals surface area contributed by atoms with Crippen molar-refractivity contribution >= 4 is 10.9 Å². The number of hydrogen-bond acceptors (Lipinski definition) is 2. The highest BCUT2D eigenvalue weighted by molar-refractivity contribution is 5.83. The van der Waals surface area contributed by atoms with Crippen LogP contribution in [0.5, 0.6) is 0 Å². The monoisotopic (exact) mass is 243 g/mol. The Bertz CT molecular complexity index is 541. The van der Waals surface area contributed by atoms with Crippen LogP contribution in [-0.4, -0.2) is 35.1 Å². The van der Waals surface area contributed by atoms with Crippen LogP contribution in [0.15, 0.2) is 30.5 Å². The SMILES string of the molecule is CC1(N)CCN(CCc2c[nH]c3ccccc23)C1. The lowest BCUT2D eigenvalue weighted by molar-refractivity contribution is 0.321. The number of aromatic nitrogens is 1. The molecule has 3 rings (SSSR count). The molecule has 3 N–H and O–H groups in total. The molecule has 1 aliphatic rings. The van der Waals surface area contributed by atoms with Crippen molar-refractivity contribution in [2.45, 2.75) is 25.3 Å². The molecule has 0 saturated carbocycles. The third-order valence-corrected chi connectivity index (χ3v) is 3.96. The van der Waals surface area contributed by atoms with Crippen LogP contribution in [0.1, 0.15) is 18.9 Å². The number of nitrogens with one attached hydrogen (secondary N) is 1. The van der Waals surface area contributed by atoms with Crippen molar-refractivity contribution in [3.05, 3.63) is 36.0 Å². The zero-order valence-corrected chi connectivity index (χ0v) is 10.9. The number of H-pyrrole nitrogens is 1. The maximum absolute atomic E-state index is 6.16. The summed E-state index contributed by atoms with van der Waals surface area (Å²) < 4.78 is 0. The van der Waals surface area contributed by atoms with Crippen LogP contribution in [0.3, 0.4) is 0 Å². The molecule has 0 spiro atoms. The molecule has 1 fully saturated rings. The lowest BCUT2D eigenvalue weighted by Gasteiger charge is -2.19. The first kappa shape index (κ1) is 11.8. The number of hydrogen-bond donors (Lipinski definition) is 2. The summed E-state index contributed by atoms with van der Waals surface area (Å²) in [5.74, 6) is 0. The second kappa shape index (κ2) is 4.41. The zero-order valence-electron chi connectivity index (χ0n) is 10.9. The summed E-state index contributed by atoms with van der Waals surface area (Å²) in [6, 6.07) is 8.50. The summed E-state index contributed by atoms with van der Waals surface area (Å²) in [6.45, 7) is 5.41. The van der Waals surface area contributed by atoms with E-state index in [1.807, 2.05) is 0 Å². The number of para-hydroxylation sites is 1. The van der Waals surface area contributed by atoms with Crippen LogP contribution in [0.4, 0.5) is 0 Å². The second-order valence-electron chi connectivity index (χ2n) is 5.79. The molecule has 2 aromatic rings. The minimum Gasteiger partial charge on any atom is -0.361 e. The van der Waals surface area contributed by atoms with E-state index in [0.717, 1.165) is 32.5 Å². The van der Waals surface area contributed by atoms with Crippen LogP contribution in [0, 0.1) is 0 Å². The number of benzene rings is 1.